The number of hydrogen-bond acceptors (Lipinski definition) is 6. The Morgan fingerprint density at radius 3 is 1.72 bits per heavy atom. The van der Waals surface area contributed by atoms with Gasteiger partial charge < -0.3 is 26.8 Å². The summed E-state index contributed by atoms with van der Waals surface area (Å²) in [6.07, 6.45) is 2.98. The molecule has 2 rings (SSSR count). The van der Waals surface area contributed by atoms with Gasteiger partial charge in [-0.1, -0.05) is 74.5 Å². The quantitative estimate of drug-likeness (QED) is 0.213. The number of carboxylic acid groups (broad SMARTS) is 1. The van der Waals surface area contributed by atoms with Crippen molar-refractivity contribution in [3.8, 4) is 0 Å². The molecule has 4 unspecified atom stereocenters. The van der Waals surface area contributed by atoms with Crippen LogP contribution in [0.5, 0.6) is 0 Å². The van der Waals surface area contributed by atoms with E-state index in [0.29, 0.717) is 18.6 Å². The third-order valence-corrected chi connectivity index (χ3v) is 6.77. The number of aliphatic carboxylic acids is 1. The summed E-state index contributed by atoms with van der Waals surface area (Å²) in [5, 5.41) is 17.9. The van der Waals surface area contributed by atoms with Crippen LogP contribution in [0.25, 0.3) is 0 Å². The minimum Gasteiger partial charge on any atom is -0.480 e. The highest BCUT2D eigenvalue weighted by molar-refractivity contribution is 7.98. The Hall–Kier alpha value is -3.37. The molecule has 9 nitrogen and oxygen atoms in total. The van der Waals surface area contributed by atoms with E-state index in [9.17, 15) is 24.3 Å². The summed E-state index contributed by atoms with van der Waals surface area (Å²) in [5.74, 6) is -1.97. The highest BCUT2D eigenvalue weighted by atomic mass is 32.2. The van der Waals surface area contributed by atoms with Gasteiger partial charge in [-0.05, 0) is 41.9 Å². The average Bonchev–Trinajstić information content (AvgIpc) is 2.91. The highest BCUT2D eigenvalue weighted by Gasteiger charge is 2.31. The Labute approximate surface area is 234 Å². The zero-order chi connectivity index (χ0) is 28.8. The fourth-order valence-corrected chi connectivity index (χ4v) is 4.50. The van der Waals surface area contributed by atoms with Crippen molar-refractivity contribution in [3.05, 3.63) is 71.8 Å². The molecule has 4 atom stereocenters. The molecule has 0 heterocycles. The van der Waals surface area contributed by atoms with Gasteiger partial charge >= 0.3 is 5.97 Å². The van der Waals surface area contributed by atoms with E-state index in [4.69, 9.17) is 5.73 Å². The number of thioether (sulfide) groups is 1. The molecule has 2 aromatic rings. The maximum Gasteiger partial charge on any atom is 0.326 e. The lowest BCUT2D eigenvalue weighted by atomic mass is 10.00. The van der Waals surface area contributed by atoms with Crippen LogP contribution in [-0.2, 0) is 32.0 Å². The number of amides is 3. The monoisotopic (exact) mass is 556 g/mol. The van der Waals surface area contributed by atoms with Crippen LogP contribution in [0.3, 0.4) is 0 Å². The smallest absolute Gasteiger partial charge is 0.326 e. The molecule has 3 amide bonds. The normalized spacial score (nSPS) is 14.1. The van der Waals surface area contributed by atoms with Crippen LogP contribution >= 0.6 is 11.8 Å². The topological polar surface area (TPSA) is 151 Å². The third kappa shape index (κ3) is 11.5. The van der Waals surface area contributed by atoms with Gasteiger partial charge in [0.15, 0.2) is 0 Å². The van der Waals surface area contributed by atoms with E-state index in [0.717, 1.165) is 11.1 Å². The fraction of sp³-hybridized carbons (Fsp3) is 0.448. The number of benzene rings is 2. The van der Waals surface area contributed by atoms with Crippen LogP contribution in [-0.4, -0.2) is 65.0 Å². The van der Waals surface area contributed by atoms with Gasteiger partial charge in [0.25, 0.3) is 0 Å². The maximum absolute atomic E-state index is 13.4. The molecule has 0 aliphatic rings. The van der Waals surface area contributed by atoms with Gasteiger partial charge in [-0.3, -0.25) is 14.4 Å². The van der Waals surface area contributed by atoms with Gasteiger partial charge in [0.05, 0.1) is 6.04 Å². The molecule has 6 N–H and O–H groups in total. The van der Waals surface area contributed by atoms with E-state index < -0.39 is 47.9 Å². The van der Waals surface area contributed by atoms with Crippen LogP contribution in [0.1, 0.15) is 37.8 Å². The summed E-state index contributed by atoms with van der Waals surface area (Å²) < 4.78 is 0. The first-order valence-electron chi connectivity index (χ1n) is 13.1. The van der Waals surface area contributed by atoms with Gasteiger partial charge in [-0.25, -0.2) is 4.79 Å². The molecule has 0 spiro atoms. The molecule has 0 bridgehead atoms. The van der Waals surface area contributed by atoms with Gasteiger partial charge in [-0.15, -0.1) is 0 Å². The van der Waals surface area contributed by atoms with Gasteiger partial charge in [-0.2, -0.15) is 11.8 Å². The standard InChI is InChI=1S/C29H40N4O5S/c1-19(2)16-23(31-26(34)22(30)14-15-39-3)27(35)32-24(17-20-10-6-4-7-11-20)28(36)33-25(29(37)38)18-21-12-8-5-9-13-21/h4-13,19,22-25H,14-18,30H2,1-3H3,(H,31,34)(H,32,35)(H,33,36)(H,37,38). The molecular weight excluding hydrogens is 516 g/mol. The first-order chi connectivity index (χ1) is 18.6. The summed E-state index contributed by atoms with van der Waals surface area (Å²) >= 11 is 1.58. The third-order valence-electron chi connectivity index (χ3n) is 6.12. The van der Waals surface area contributed by atoms with Crippen molar-refractivity contribution in [1.82, 2.24) is 16.0 Å². The number of carbonyl (C=O) groups is 4. The molecular formula is C29H40N4O5S. The van der Waals surface area contributed by atoms with Gasteiger partial charge in [0.2, 0.25) is 17.7 Å². The number of carbonyl (C=O) groups excluding carboxylic acids is 3. The molecule has 212 valence electrons. The second-order valence-corrected chi connectivity index (χ2v) is 10.9. The first-order valence-corrected chi connectivity index (χ1v) is 14.5. The molecule has 39 heavy (non-hydrogen) atoms. The summed E-state index contributed by atoms with van der Waals surface area (Å²) in [6.45, 7) is 3.85. The Kier molecular flexibility index (Phi) is 13.5. The lowest BCUT2D eigenvalue weighted by molar-refractivity contribution is -0.142. The van der Waals surface area contributed by atoms with Crippen LogP contribution < -0.4 is 21.7 Å². The maximum atomic E-state index is 13.4. The van der Waals surface area contributed by atoms with E-state index in [1.165, 1.54) is 0 Å². The van der Waals surface area contributed by atoms with Crippen LogP contribution in [0.15, 0.2) is 60.7 Å². The summed E-state index contributed by atoms with van der Waals surface area (Å²) in [6, 6.07) is 14.2. The number of nitrogens with one attached hydrogen (secondary N) is 3. The van der Waals surface area contributed by atoms with Crippen molar-refractivity contribution in [3.63, 3.8) is 0 Å². The Balaban J connectivity index is 2.22. The van der Waals surface area contributed by atoms with E-state index in [2.05, 4.69) is 16.0 Å². The highest BCUT2D eigenvalue weighted by Crippen LogP contribution is 2.10. The van der Waals surface area contributed by atoms with Crippen molar-refractivity contribution < 1.29 is 24.3 Å². The Morgan fingerprint density at radius 1 is 0.769 bits per heavy atom. The number of carboxylic acids is 1. The van der Waals surface area contributed by atoms with E-state index in [1.54, 1.807) is 36.0 Å². The van der Waals surface area contributed by atoms with Crippen LogP contribution in [0.2, 0.25) is 0 Å². The molecule has 10 heteroatoms. The lowest BCUT2D eigenvalue weighted by Gasteiger charge is -2.26. The number of rotatable bonds is 16. The largest absolute Gasteiger partial charge is 0.480 e. The van der Waals surface area contributed by atoms with Crippen molar-refractivity contribution in [2.75, 3.05) is 12.0 Å². The molecule has 0 fully saturated rings. The molecule has 0 aliphatic heterocycles. The SMILES string of the molecule is CSCCC(N)C(=O)NC(CC(C)C)C(=O)NC(Cc1ccccc1)C(=O)NC(Cc1ccccc1)C(=O)O. The van der Waals surface area contributed by atoms with E-state index in [-0.39, 0.29) is 18.8 Å². The van der Waals surface area contributed by atoms with Crippen molar-refractivity contribution in [1.29, 1.82) is 0 Å². The van der Waals surface area contributed by atoms with Crippen LogP contribution in [0, 0.1) is 5.92 Å². The average molecular weight is 557 g/mol. The molecule has 0 aliphatic carbocycles. The van der Waals surface area contributed by atoms with Gasteiger partial charge in [0.1, 0.15) is 18.1 Å². The number of hydrogen-bond donors (Lipinski definition) is 5. The van der Waals surface area contributed by atoms with Crippen molar-refractivity contribution >= 4 is 35.5 Å². The molecule has 2 aromatic carbocycles. The summed E-state index contributed by atoms with van der Waals surface area (Å²) in [7, 11) is 0. The van der Waals surface area contributed by atoms with E-state index >= 15 is 0 Å². The second kappa shape index (κ2) is 16.6. The minimum atomic E-state index is -1.18. The van der Waals surface area contributed by atoms with Crippen LogP contribution in [0.4, 0.5) is 0 Å². The zero-order valence-corrected chi connectivity index (χ0v) is 23.6. The lowest BCUT2D eigenvalue weighted by Crippen LogP contribution is -2.58. The van der Waals surface area contributed by atoms with Crippen molar-refractivity contribution in [2.24, 2.45) is 11.7 Å². The molecule has 0 saturated heterocycles. The van der Waals surface area contributed by atoms with Crippen molar-refractivity contribution in [2.45, 2.75) is 63.7 Å². The predicted octanol–water partition coefficient (Wildman–Crippen LogP) is 2.14. The zero-order valence-electron chi connectivity index (χ0n) is 22.8. The fourth-order valence-electron chi connectivity index (χ4n) is 4.01. The predicted molar refractivity (Wildman–Crippen MR) is 154 cm³/mol. The minimum absolute atomic E-state index is 0.0761. The first kappa shape index (κ1) is 31.8. The Morgan fingerprint density at radius 2 is 1.23 bits per heavy atom. The Bertz CT molecular complexity index is 1070. The van der Waals surface area contributed by atoms with E-state index in [1.807, 2.05) is 56.5 Å². The molecule has 0 aromatic heterocycles. The van der Waals surface area contributed by atoms with Gasteiger partial charge in [0, 0.05) is 12.8 Å². The number of nitrogens with two attached hydrogens (primary N) is 1. The summed E-state index contributed by atoms with van der Waals surface area (Å²) in [5.41, 5.74) is 7.55. The molecule has 0 saturated carbocycles. The molecule has 0 radical (unpaired) electrons. The second-order valence-electron chi connectivity index (χ2n) is 9.92. The summed E-state index contributed by atoms with van der Waals surface area (Å²) in [4.78, 5) is 51.4.